The first kappa shape index (κ1) is 12.1. The number of hydrogen-bond acceptors (Lipinski definition) is 0. The van der Waals surface area contributed by atoms with Crippen molar-refractivity contribution in [2.24, 2.45) is 0 Å². The number of unbranched alkanes of at least 4 members (excludes halogenated alkanes) is 4. The summed E-state index contributed by atoms with van der Waals surface area (Å²) in [6.07, 6.45) is 8.61. The monoisotopic (exact) mass is 214 g/mol. The van der Waals surface area contributed by atoms with Crippen LogP contribution in [0.2, 0.25) is 0 Å². The van der Waals surface area contributed by atoms with Crippen molar-refractivity contribution in [1.29, 1.82) is 0 Å². The zero-order chi connectivity index (χ0) is 6.24. The van der Waals surface area contributed by atoms with Gasteiger partial charge in [0.05, 0.1) is 0 Å². The Morgan fingerprint density at radius 1 is 1.22 bits per heavy atom. The first-order valence-electron chi connectivity index (χ1n) is 3.52. The largest absolute Gasteiger partial charge is 0.103 e. The van der Waals surface area contributed by atoms with Crippen LogP contribution in [0.4, 0.5) is 0 Å². The standard InChI is InChI=1S/C8H16.Ru/c1-3-5-7-8-6-4-2;/h3H,1,4-8H2,2H3;. The van der Waals surface area contributed by atoms with Crippen molar-refractivity contribution < 1.29 is 19.5 Å². The molecule has 0 spiro atoms. The number of hydrogen-bond donors (Lipinski definition) is 0. The molecule has 0 heterocycles. The average Bonchev–Trinajstić information content (AvgIpc) is 1.81. The van der Waals surface area contributed by atoms with Gasteiger partial charge in [-0.25, -0.2) is 0 Å². The van der Waals surface area contributed by atoms with E-state index in [0.717, 1.165) is 0 Å². The Bertz CT molecular complexity index is 50.5. The Kier molecular flexibility index (Phi) is 15.0. The molecule has 0 rings (SSSR count). The SMILES string of the molecule is C=CCCCCCC.[Ru]. The third kappa shape index (κ3) is 11.8. The fourth-order valence-corrected chi connectivity index (χ4v) is 0.715. The molecule has 0 aromatic carbocycles. The predicted octanol–water partition coefficient (Wildman–Crippen LogP) is 3.14. The maximum atomic E-state index is 3.66. The topological polar surface area (TPSA) is 0 Å². The van der Waals surface area contributed by atoms with Crippen molar-refractivity contribution >= 4 is 0 Å². The van der Waals surface area contributed by atoms with Crippen LogP contribution in [-0.4, -0.2) is 0 Å². The van der Waals surface area contributed by atoms with Crippen LogP contribution in [0, 0.1) is 0 Å². The molecule has 0 unspecified atom stereocenters. The molecule has 9 heavy (non-hydrogen) atoms. The van der Waals surface area contributed by atoms with Gasteiger partial charge in [0.1, 0.15) is 0 Å². The minimum atomic E-state index is 0. The summed E-state index contributed by atoms with van der Waals surface area (Å²) in [5.74, 6) is 0. The van der Waals surface area contributed by atoms with Crippen LogP contribution < -0.4 is 0 Å². The summed E-state index contributed by atoms with van der Waals surface area (Å²) < 4.78 is 0. The summed E-state index contributed by atoms with van der Waals surface area (Å²) in [5.41, 5.74) is 0. The quantitative estimate of drug-likeness (QED) is 0.374. The molecule has 56 valence electrons. The molecular formula is C8H16Ru. The van der Waals surface area contributed by atoms with E-state index >= 15 is 0 Å². The van der Waals surface area contributed by atoms with Crippen molar-refractivity contribution in [2.75, 3.05) is 0 Å². The molecule has 0 N–H and O–H groups in total. The molecule has 0 aromatic heterocycles. The molecule has 0 atom stereocenters. The molecule has 0 nitrogen and oxygen atoms in total. The van der Waals surface area contributed by atoms with E-state index in [1.165, 1.54) is 32.1 Å². The third-order valence-electron chi connectivity index (χ3n) is 1.26. The summed E-state index contributed by atoms with van der Waals surface area (Å²) in [5, 5.41) is 0. The van der Waals surface area contributed by atoms with Gasteiger partial charge in [0.2, 0.25) is 0 Å². The minimum Gasteiger partial charge on any atom is -0.103 e. The zero-order valence-electron chi connectivity index (χ0n) is 6.17. The number of rotatable bonds is 5. The van der Waals surface area contributed by atoms with Crippen molar-refractivity contribution in [3.05, 3.63) is 12.7 Å². The Morgan fingerprint density at radius 2 is 1.89 bits per heavy atom. The molecule has 0 fully saturated rings. The molecular weight excluding hydrogens is 197 g/mol. The van der Waals surface area contributed by atoms with Gasteiger partial charge in [0, 0.05) is 19.5 Å². The van der Waals surface area contributed by atoms with E-state index in [9.17, 15) is 0 Å². The summed E-state index contributed by atoms with van der Waals surface area (Å²) in [6.45, 7) is 5.89. The molecule has 0 radical (unpaired) electrons. The molecule has 0 bridgehead atoms. The van der Waals surface area contributed by atoms with Gasteiger partial charge < -0.3 is 0 Å². The Hall–Kier alpha value is 0.363. The maximum absolute atomic E-state index is 3.66. The summed E-state index contributed by atoms with van der Waals surface area (Å²) in [7, 11) is 0. The third-order valence-corrected chi connectivity index (χ3v) is 1.26. The van der Waals surface area contributed by atoms with E-state index < -0.39 is 0 Å². The van der Waals surface area contributed by atoms with Crippen LogP contribution in [0.15, 0.2) is 12.7 Å². The van der Waals surface area contributed by atoms with Gasteiger partial charge >= 0.3 is 0 Å². The van der Waals surface area contributed by atoms with Gasteiger partial charge in [-0.2, -0.15) is 0 Å². The van der Waals surface area contributed by atoms with Gasteiger partial charge in [-0.05, 0) is 12.8 Å². The van der Waals surface area contributed by atoms with Crippen LogP contribution in [0.3, 0.4) is 0 Å². The molecule has 0 saturated carbocycles. The normalized spacial score (nSPS) is 8.11. The van der Waals surface area contributed by atoms with Crippen LogP contribution in [0.25, 0.3) is 0 Å². The van der Waals surface area contributed by atoms with E-state index in [2.05, 4.69) is 13.5 Å². The fourth-order valence-electron chi connectivity index (χ4n) is 0.715. The second-order valence-electron chi connectivity index (χ2n) is 2.14. The first-order valence-corrected chi connectivity index (χ1v) is 3.52. The molecule has 1 heteroatoms. The number of allylic oxidation sites excluding steroid dienone is 1. The fraction of sp³-hybridized carbons (Fsp3) is 0.750. The summed E-state index contributed by atoms with van der Waals surface area (Å²) in [4.78, 5) is 0. The van der Waals surface area contributed by atoms with E-state index in [0.29, 0.717) is 0 Å². The first-order chi connectivity index (χ1) is 3.91. The van der Waals surface area contributed by atoms with Gasteiger partial charge in [-0.1, -0.05) is 32.3 Å². The van der Waals surface area contributed by atoms with E-state index in [4.69, 9.17) is 0 Å². The van der Waals surface area contributed by atoms with E-state index in [1.54, 1.807) is 0 Å². The maximum Gasteiger partial charge on any atom is 0 e. The molecule has 0 aliphatic heterocycles. The summed E-state index contributed by atoms with van der Waals surface area (Å²) in [6, 6.07) is 0. The predicted molar refractivity (Wildman–Crippen MR) is 39.0 cm³/mol. The molecule has 0 amide bonds. The van der Waals surface area contributed by atoms with Crippen LogP contribution >= 0.6 is 0 Å². The van der Waals surface area contributed by atoms with Crippen molar-refractivity contribution in [3.63, 3.8) is 0 Å². The van der Waals surface area contributed by atoms with Crippen molar-refractivity contribution in [2.45, 2.75) is 39.0 Å². The molecule has 0 aliphatic carbocycles. The van der Waals surface area contributed by atoms with Crippen molar-refractivity contribution in [1.82, 2.24) is 0 Å². The second-order valence-corrected chi connectivity index (χ2v) is 2.14. The van der Waals surface area contributed by atoms with E-state index in [1.807, 2.05) is 6.08 Å². The molecule has 0 aromatic rings. The smallest absolute Gasteiger partial charge is 0 e. The Labute approximate surface area is 71.5 Å². The molecule has 0 aliphatic rings. The van der Waals surface area contributed by atoms with Crippen LogP contribution in [0.1, 0.15) is 39.0 Å². The van der Waals surface area contributed by atoms with Crippen LogP contribution in [0.5, 0.6) is 0 Å². The van der Waals surface area contributed by atoms with Gasteiger partial charge in [0.15, 0.2) is 0 Å². The van der Waals surface area contributed by atoms with E-state index in [-0.39, 0.29) is 19.5 Å². The second kappa shape index (κ2) is 11.2. The Balaban J connectivity index is 0. The summed E-state index contributed by atoms with van der Waals surface area (Å²) >= 11 is 0. The van der Waals surface area contributed by atoms with Crippen LogP contribution in [-0.2, 0) is 19.5 Å². The van der Waals surface area contributed by atoms with Gasteiger partial charge in [-0.15, -0.1) is 6.58 Å². The van der Waals surface area contributed by atoms with Crippen molar-refractivity contribution in [3.8, 4) is 0 Å². The zero-order valence-corrected chi connectivity index (χ0v) is 7.91. The average molecular weight is 213 g/mol. The Morgan fingerprint density at radius 3 is 2.33 bits per heavy atom. The van der Waals surface area contributed by atoms with Gasteiger partial charge in [-0.3, -0.25) is 0 Å². The minimum absolute atomic E-state index is 0. The van der Waals surface area contributed by atoms with Gasteiger partial charge in [0.25, 0.3) is 0 Å². The molecule has 0 saturated heterocycles.